The topological polar surface area (TPSA) is 85.1 Å². The summed E-state index contributed by atoms with van der Waals surface area (Å²) < 4.78 is 40.7. The van der Waals surface area contributed by atoms with Crippen LogP contribution in [0.4, 0.5) is 10.1 Å². The van der Waals surface area contributed by atoms with Crippen molar-refractivity contribution >= 4 is 27.3 Å². The lowest BCUT2D eigenvalue weighted by molar-refractivity contribution is 0.545. The maximum atomic E-state index is 13.9. The highest BCUT2D eigenvalue weighted by Crippen LogP contribution is 2.26. The number of hydrogen-bond acceptors (Lipinski definition) is 4. The minimum atomic E-state index is -4.11. The number of anilines is 1. The first-order valence-corrected chi connectivity index (χ1v) is 7.85. The predicted molar refractivity (Wildman–Crippen MR) is 78.8 cm³/mol. The summed E-state index contributed by atoms with van der Waals surface area (Å²) in [4.78, 5) is 3.45. The summed E-state index contributed by atoms with van der Waals surface area (Å²) in [6.07, 6.45) is 1.54. The molecule has 1 unspecified atom stereocenters. The van der Waals surface area contributed by atoms with Crippen molar-refractivity contribution < 1.29 is 12.8 Å². The van der Waals surface area contributed by atoms with E-state index in [4.69, 9.17) is 17.3 Å². The number of halogens is 2. The molecule has 0 spiro atoms. The fourth-order valence-corrected chi connectivity index (χ4v) is 3.40. The molecule has 0 aliphatic carbocycles. The molecule has 112 valence electrons. The first-order chi connectivity index (χ1) is 9.81. The minimum absolute atomic E-state index is 0.0623. The summed E-state index contributed by atoms with van der Waals surface area (Å²) in [5.74, 6) is -1.04. The first-order valence-electron chi connectivity index (χ1n) is 5.99. The highest BCUT2D eigenvalue weighted by molar-refractivity contribution is 7.89. The Bertz CT molecular complexity index is 754. The molecule has 0 saturated heterocycles. The standard InChI is InChI=1S/C13H13ClFN3O2S/c1-8(11-4-2-3-5-17-11)18-21(19,20)12-7-9(16)6-10(14)13(12)15/h2-8,18H,16H2,1H3. The lowest BCUT2D eigenvalue weighted by Crippen LogP contribution is -2.28. The molecular formula is C13H13ClFN3O2S. The van der Waals surface area contributed by atoms with Crippen LogP contribution in [0.5, 0.6) is 0 Å². The number of pyridine rings is 1. The van der Waals surface area contributed by atoms with Crippen LogP contribution in [0.3, 0.4) is 0 Å². The van der Waals surface area contributed by atoms with Crippen molar-refractivity contribution in [1.29, 1.82) is 0 Å². The molecule has 2 aromatic rings. The second-order valence-electron chi connectivity index (χ2n) is 4.41. The SMILES string of the molecule is CC(NS(=O)(=O)c1cc(N)cc(Cl)c1F)c1ccccn1. The van der Waals surface area contributed by atoms with Gasteiger partial charge in [-0.15, -0.1) is 0 Å². The zero-order valence-electron chi connectivity index (χ0n) is 11.0. The molecule has 0 saturated carbocycles. The smallest absolute Gasteiger partial charge is 0.244 e. The molecule has 0 amide bonds. The number of nitrogen functional groups attached to an aromatic ring is 1. The molecule has 5 nitrogen and oxygen atoms in total. The highest BCUT2D eigenvalue weighted by atomic mass is 35.5. The monoisotopic (exact) mass is 329 g/mol. The molecule has 1 heterocycles. The summed E-state index contributed by atoms with van der Waals surface area (Å²) in [5, 5.41) is -0.346. The van der Waals surface area contributed by atoms with Crippen LogP contribution < -0.4 is 10.5 Å². The van der Waals surface area contributed by atoms with Crippen molar-refractivity contribution in [2.75, 3.05) is 5.73 Å². The second kappa shape index (κ2) is 5.97. The van der Waals surface area contributed by atoms with E-state index < -0.39 is 26.8 Å². The number of benzene rings is 1. The zero-order chi connectivity index (χ0) is 15.6. The summed E-state index contributed by atoms with van der Waals surface area (Å²) in [7, 11) is -4.11. The molecule has 2 rings (SSSR count). The Morgan fingerprint density at radius 3 is 2.71 bits per heavy atom. The van der Waals surface area contributed by atoms with Crippen molar-refractivity contribution in [1.82, 2.24) is 9.71 Å². The number of nitrogens with one attached hydrogen (secondary N) is 1. The summed E-state index contributed by atoms with van der Waals surface area (Å²) >= 11 is 5.62. The third-order valence-corrected chi connectivity index (χ3v) is 4.59. The Kier molecular flexibility index (Phi) is 4.46. The predicted octanol–water partition coefficient (Wildman–Crippen LogP) is 2.50. The van der Waals surface area contributed by atoms with E-state index in [1.165, 1.54) is 6.20 Å². The average Bonchev–Trinajstić information content (AvgIpc) is 2.43. The Hall–Kier alpha value is -1.70. The van der Waals surface area contributed by atoms with E-state index in [2.05, 4.69) is 9.71 Å². The van der Waals surface area contributed by atoms with E-state index in [9.17, 15) is 12.8 Å². The van der Waals surface area contributed by atoms with E-state index >= 15 is 0 Å². The first kappa shape index (κ1) is 15.7. The molecule has 3 N–H and O–H groups in total. The summed E-state index contributed by atoms with van der Waals surface area (Å²) in [6.45, 7) is 1.60. The van der Waals surface area contributed by atoms with E-state index in [1.54, 1.807) is 25.1 Å². The lowest BCUT2D eigenvalue weighted by atomic mass is 10.2. The van der Waals surface area contributed by atoms with Gasteiger partial charge in [0.1, 0.15) is 4.90 Å². The van der Waals surface area contributed by atoms with Crippen molar-refractivity contribution in [2.24, 2.45) is 0 Å². The van der Waals surface area contributed by atoms with Crippen LogP contribution in [-0.4, -0.2) is 13.4 Å². The Morgan fingerprint density at radius 2 is 2.10 bits per heavy atom. The van der Waals surface area contributed by atoms with Crippen LogP contribution in [0.25, 0.3) is 0 Å². The molecule has 0 aliphatic rings. The highest BCUT2D eigenvalue weighted by Gasteiger charge is 2.24. The van der Waals surface area contributed by atoms with Crippen molar-refractivity contribution in [3.05, 3.63) is 53.1 Å². The third-order valence-electron chi connectivity index (χ3n) is 2.77. The maximum absolute atomic E-state index is 13.9. The second-order valence-corrected chi connectivity index (χ2v) is 6.50. The van der Waals surface area contributed by atoms with Crippen LogP contribution in [0.2, 0.25) is 5.02 Å². The van der Waals surface area contributed by atoms with E-state index in [-0.39, 0.29) is 10.7 Å². The van der Waals surface area contributed by atoms with Gasteiger partial charge in [0.25, 0.3) is 0 Å². The van der Waals surface area contributed by atoms with Gasteiger partial charge in [0.15, 0.2) is 5.82 Å². The summed E-state index contributed by atoms with van der Waals surface area (Å²) in [6, 6.07) is 6.64. The quantitative estimate of drug-likeness (QED) is 0.844. The molecule has 0 aliphatic heterocycles. The van der Waals surface area contributed by atoms with Crippen molar-refractivity contribution in [2.45, 2.75) is 17.9 Å². The molecule has 0 fully saturated rings. The van der Waals surface area contributed by atoms with Gasteiger partial charge in [-0.1, -0.05) is 17.7 Å². The number of rotatable bonds is 4. The van der Waals surface area contributed by atoms with Crippen LogP contribution in [-0.2, 0) is 10.0 Å². The van der Waals surface area contributed by atoms with Crippen LogP contribution in [0.15, 0.2) is 41.4 Å². The van der Waals surface area contributed by atoms with Gasteiger partial charge in [0.2, 0.25) is 10.0 Å². The van der Waals surface area contributed by atoms with Gasteiger partial charge in [-0.05, 0) is 31.2 Å². The molecule has 0 radical (unpaired) electrons. The van der Waals surface area contributed by atoms with Crippen molar-refractivity contribution in [3.8, 4) is 0 Å². The number of hydrogen-bond donors (Lipinski definition) is 2. The number of nitrogens with zero attached hydrogens (tertiary/aromatic N) is 1. The largest absolute Gasteiger partial charge is 0.399 e. The normalized spacial score (nSPS) is 13.1. The van der Waals surface area contributed by atoms with Crippen molar-refractivity contribution in [3.63, 3.8) is 0 Å². The fourth-order valence-electron chi connectivity index (χ4n) is 1.77. The fraction of sp³-hybridized carbons (Fsp3) is 0.154. The van der Waals surface area contributed by atoms with E-state index in [0.29, 0.717) is 5.69 Å². The maximum Gasteiger partial charge on any atom is 0.244 e. The number of aromatic nitrogens is 1. The lowest BCUT2D eigenvalue weighted by Gasteiger charge is -2.14. The van der Waals surface area contributed by atoms with Gasteiger partial charge in [0, 0.05) is 11.9 Å². The molecule has 8 heteroatoms. The molecule has 1 aromatic heterocycles. The van der Waals surface area contributed by atoms with Gasteiger partial charge in [-0.3, -0.25) is 4.98 Å². The molecule has 1 atom stereocenters. The molecule has 1 aromatic carbocycles. The number of sulfonamides is 1. The summed E-state index contributed by atoms with van der Waals surface area (Å²) in [5.41, 5.74) is 6.08. The van der Waals surface area contributed by atoms with Gasteiger partial charge in [0.05, 0.1) is 16.8 Å². The van der Waals surface area contributed by atoms with Crippen LogP contribution in [0.1, 0.15) is 18.7 Å². The minimum Gasteiger partial charge on any atom is -0.399 e. The van der Waals surface area contributed by atoms with Gasteiger partial charge in [-0.25, -0.2) is 17.5 Å². The molecular weight excluding hydrogens is 317 g/mol. The Morgan fingerprint density at radius 1 is 1.38 bits per heavy atom. The van der Waals surface area contributed by atoms with Gasteiger partial charge < -0.3 is 5.73 Å². The van der Waals surface area contributed by atoms with Crippen LogP contribution in [0, 0.1) is 5.82 Å². The zero-order valence-corrected chi connectivity index (χ0v) is 12.6. The molecule has 21 heavy (non-hydrogen) atoms. The third kappa shape index (κ3) is 3.49. The van der Waals surface area contributed by atoms with E-state index in [1.807, 2.05) is 0 Å². The Balaban J connectivity index is 2.35. The average molecular weight is 330 g/mol. The van der Waals surface area contributed by atoms with Crippen LogP contribution >= 0.6 is 11.6 Å². The van der Waals surface area contributed by atoms with Gasteiger partial charge >= 0.3 is 0 Å². The van der Waals surface area contributed by atoms with Gasteiger partial charge in [-0.2, -0.15) is 0 Å². The number of nitrogens with two attached hydrogens (primary N) is 1. The molecule has 0 bridgehead atoms. The van der Waals surface area contributed by atoms with E-state index in [0.717, 1.165) is 12.1 Å². The Labute approximate surface area is 127 Å².